The van der Waals surface area contributed by atoms with Crippen LogP contribution in [0.25, 0.3) is 0 Å². The van der Waals surface area contributed by atoms with Crippen LogP contribution in [0.4, 0.5) is 0 Å². The summed E-state index contributed by atoms with van der Waals surface area (Å²) >= 11 is 3.68. The van der Waals surface area contributed by atoms with Gasteiger partial charge in [0.25, 0.3) is 0 Å². The Balaban J connectivity index is 0.000000183. The molecule has 0 amide bonds. The largest absolute Gasteiger partial charge is 0.481 e. The Morgan fingerprint density at radius 3 is 1.64 bits per heavy atom. The maximum atomic E-state index is 9.55. The highest BCUT2D eigenvalue weighted by Crippen LogP contribution is 2.15. The highest BCUT2D eigenvalue weighted by Gasteiger charge is 1.95. The van der Waals surface area contributed by atoms with Crippen LogP contribution in [0.3, 0.4) is 0 Å². The summed E-state index contributed by atoms with van der Waals surface area (Å²) in [5, 5.41) is 7.86. The van der Waals surface area contributed by atoms with Crippen LogP contribution in [0.5, 0.6) is 0 Å². The fourth-order valence-electron chi connectivity index (χ4n) is 0.980. The van der Waals surface area contributed by atoms with Gasteiger partial charge >= 0.3 is 5.97 Å². The van der Waals surface area contributed by atoms with E-state index in [1.54, 1.807) is 0 Å². The average Bonchev–Trinajstić information content (AvgIpc) is 2.41. The summed E-state index contributed by atoms with van der Waals surface area (Å²) in [4.78, 5) is 9.55. The van der Waals surface area contributed by atoms with Crippen molar-refractivity contribution in [2.75, 3.05) is 5.75 Å². The summed E-state index contributed by atoms with van der Waals surface area (Å²) < 4.78 is 0. The third kappa shape index (κ3) is 9.82. The number of hydrogen-bond acceptors (Lipinski definition) is 2. The summed E-state index contributed by atoms with van der Waals surface area (Å²) in [7, 11) is 0. The van der Waals surface area contributed by atoms with Crippen LogP contribution in [-0.4, -0.2) is 16.8 Å². The fraction of sp³-hybridized carbons (Fsp3) is 0.875. The van der Waals surface area contributed by atoms with Gasteiger partial charge in [-0.05, 0) is 0 Å². The van der Waals surface area contributed by atoms with Gasteiger partial charge in [-0.2, -0.15) is 12.6 Å². The zero-order chi connectivity index (χ0) is 8.53. The minimum absolute atomic E-state index is 0.156. The molecule has 1 N–H and O–H groups in total. The van der Waals surface area contributed by atoms with Gasteiger partial charge in [0.2, 0.25) is 0 Å². The van der Waals surface area contributed by atoms with E-state index >= 15 is 0 Å². The summed E-state index contributed by atoms with van der Waals surface area (Å²) in [6, 6.07) is 0. The van der Waals surface area contributed by atoms with Crippen LogP contribution in [0, 0.1) is 0 Å². The van der Waals surface area contributed by atoms with Crippen molar-refractivity contribution in [3.8, 4) is 0 Å². The second kappa shape index (κ2) is 7.92. The molecule has 1 fully saturated rings. The number of carbonyl (C=O) groups is 1. The van der Waals surface area contributed by atoms with E-state index in [2.05, 4.69) is 12.6 Å². The molecular weight excluding hydrogens is 160 g/mol. The summed E-state index contributed by atoms with van der Waals surface area (Å²) in [5.41, 5.74) is 0. The minimum atomic E-state index is -0.787. The summed E-state index contributed by atoms with van der Waals surface area (Å²) in [5.74, 6) is -0.361. The van der Waals surface area contributed by atoms with E-state index in [4.69, 9.17) is 5.11 Å². The molecule has 1 rings (SSSR count). The van der Waals surface area contributed by atoms with Crippen LogP contribution in [-0.2, 0) is 4.79 Å². The molecular formula is C8H16O2S. The molecule has 0 aromatic carbocycles. The molecule has 1 aliphatic carbocycles. The van der Waals surface area contributed by atoms with Gasteiger partial charge in [-0.1, -0.05) is 32.1 Å². The Labute approximate surface area is 73.4 Å². The molecule has 0 unspecified atom stereocenters. The van der Waals surface area contributed by atoms with Gasteiger partial charge in [0, 0.05) is 5.75 Å². The molecule has 0 heterocycles. The molecule has 0 aromatic heterocycles. The maximum absolute atomic E-state index is 9.55. The van der Waals surface area contributed by atoms with Gasteiger partial charge in [-0.15, -0.1) is 0 Å². The van der Waals surface area contributed by atoms with Crippen molar-refractivity contribution in [3.05, 3.63) is 0 Å². The highest BCUT2D eigenvalue weighted by atomic mass is 32.1. The number of hydrogen-bond donors (Lipinski definition) is 2. The Bertz CT molecular complexity index is 92.7. The van der Waals surface area contributed by atoms with Gasteiger partial charge < -0.3 is 5.11 Å². The lowest BCUT2D eigenvalue weighted by atomic mass is 10.4. The highest BCUT2D eigenvalue weighted by molar-refractivity contribution is 7.80. The molecule has 0 aromatic rings. The molecule has 3 heteroatoms. The topological polar surface area (TPSA) is 37.3 Å². The molecule has 0 spiro atoms. The molecule has 0 radical (unpaired) electrons. The molecule has 0 saturated heterocycles. The van der Waals surface area contributed by atoms with Crippen molar-refractivity contribution in [1.82, 2.24) is 0 Å². The molecule has 0 aliphatic heterocycles. The van der Waals surface area contributed by atoms with E-state index in [0.29, 0.717) is 5.75 Å². The normalized spacial score (nSPS) is 15.4. The van der Waals surface area contributed by atoms with Crippen LogP contribution in [0.2, 0.25) is 0 Å². The number of carboxylic acid groups (broad SMARTS) is 1. The van der Waals surface area contributed by atoms with Crippen LogP contribution in [0.15, 0.2) is 0 Å². The number of carboxylic acids is 1. The van der Waals surface area contributed by atoms with E-state index in [9.17, 15) is 4.79 Å². The molecule has 1 aliphatic rings. The third-order valence-electron chi connectivity index (χ3n) is 1.58. The predicted octanol–water partition coefficient (Wildman–Crippen LogP) is 2.34. The van der Waals surface area contributed by atoms with Crippen molar-refractivity contribution in [2.24, 2.45) is 0 Å². The van der Waals surface area contributed by atoms with Crippen molar-refractivity contribution < 1.29 is 9.90 Å². The van der Waals surface area contributed by atoms with Crippen LogP contribution >= 0.6 is 12.6 Å². The first-order chi connectivity index (χ1) is 5.27. The zero-order valence-corrected chi connectivity index (χ0v) is 7.65. The number of rotatable bonds is 2. The number of aliphatic carboxylic acids is 1. The van der Waals surface area contributed by atoms with E-state index in [1.165, 1.54) is 32.1 Å². The number of thiol groups is 1. The van der Waals surface area contributed by atoms with Gasteiger partial charge in [-0.25, -0.2) is 0 Å². The van der Waals surface area contributed by atoms with E-state index < -0.39 is 5.97 Å². The molecule has 2 nitrogen and oxygen atoms in total. The van der Waals surface area contributed by atoms with Gasteiger partial charge in [-0.3, -0.25) is 4.79 Å². The standard InChI is InChI=1S/C5H10.C3H6O2S/c1-2-4-5-3-1;4-3(5)1-2-6/h1-5H2;6H,1-2H2,(H,4,5). The Hall–Kier alpha value is -0.180. The van der Waals surface area contributed by atoms with Crippen molar-refractivity contribution in [3.63, 3.8) is 0 Å². The second-order valence-corrected chi connectivity index (χ2v) is 3.08. The van der Waals surface area contributed by atoms with Gasteiger partial charge in [0.05, 0.1) is 6.42 Å². The SMILES string of the molecule is C1CCCC1.O=C(O)CCS. The molecule has 1 saturated carbocycles. The second-order valence-electron chi connectivity index (χ2n) is 2.64. The van der Waals surface area contributed by atoms with E-state index in [1.807, 2.05) is 0 Å². The predicted molar refractivity (Wildman–Crippen MR) is 49.2 cm³/mol. The lowest BCUT2D eigenvalue weighted by molar-refractivity contribution is -0.136. The first-order valence-electron chi connectivity index (χ1n) is 4.10. The maximum Gasteiger partial charge on any atom is 0.304 e. The smallest absolute Gasteiger partial charge is 0.304 e. The third-order valence-corrected chi connectivity index (χ3v) is 1.80. The van der Waals surface area contributed by atoms with E-state index in [0.717, 1.165) is 0 Å². The molecule has 66 valence electrons. The zero-order valence-electron chi connectivity index (χ0n) is 6.75. The first kappa shape index (κ1) is 10.8. The van der Waals surface area contributed by atoms with E-state index in [-0.39, 0.29) is 6.42 Å². The molecule has 0 bridgehead atoms. The summed E-state index contributed by atoms with van der Waals surface area (Å²) in [6.45, 7) is 0. The average molecular weight is 176 g/mol. The summed E-state index contributed by atoms with van der Waals surface area (Å²) in [6.07, 6.45) is 7.66. The Morgan fingerprint density at radius 2 is 1.55 bits per heavy atom. The molecule has 0 atom stereocenters. The van der Waals surface area contributed by atoms with Crippen molar-refractivity contribution in [2.45, 2.75) is 38.5 Å². The Kier molecular flexibility index (Phi) is 7.79. The Morgan fingerprint density at radius 1 is 1.18 bits per heavy atom. The first-order valence-corrected chi connectivity index (χ1v) is 4.73. The van der Waals surface area contributed by atoms with Crippen molar-refractivity contribution in [1.29, 1.82) is 0 Å². The van der Waals surface area contributed by atoms with Gasteiger partial charge in [0.1, 0.15) is 0 Å². The van der Waals surface area contributed by atoms with Crippen LogP contribution < -0.4 is 0 Å². The quantitative estimate of drug-likeness (QED) is 0.634. The monoisotopic (exact) mass is 176 g/mol. The lowest BCUT2D eigenvalue weighted by Crippen LogP contribution is -1.93. The minimum Gasteiger partial charge on any atom is -0.481 e. The molecule has 11 heavy (non-hydrogen) atoms. The van der Waals surface area contributed by atoms with Gasteiger partial charge in [0.15, 0.2) is 0 Å². The van der Waals surface area contributed by atoms with Crippen LogP contribution in [0.1, 0.15) is 38.5 Å². The van der Waals surface area contributed by atoms with Crippen molar-refractivity contribution >= 4 is 18.6 Å². The lowest BCUT2D eigenvalue weighted by Gasteiger charge is -1.79. The fourth-order valence-corrected chi connectivity index (χ4v) is 1.17.